The van der Waals surface area contributed by atoms with Crippen molar-refractivity contribution in [2.24, 2.45) is 0 Å². The molecule has 1 aliphatic rings. The van der Waals surface area contributed by atoms with E-state index in [1.807, 2.05) is 18.7 Å². The standard InChI is InChI=1S/C15H20FN3O2/c1-3-18(10-14(20)19-9-8-17-15(19)21)11(2)12-4-6-13(16)7-5-12/h4-7,11H,3,8-10H2,1-2H3,(H,17,21). The number of imide groups is 1. The quantitative estimate of drug-likeness (QED) is 0.900. The highest BCUT2D eigenvalue weighted by Crippen LogP contribution is 2.20. The van der Waals surface area contributed by atoms with Crippen molar-refractivity contribution >= 4 is 11.9 Å². The number of carbonyl (C=O) groups excluding carboxylic acids is 2. The Morgan fingerprint density at radius 2 is 2.10 bits per heavy atom. The lowest BCUT2D eigenvalue weighted by atomic mass is 10.1. The molecule has 1 saturated heterocycles. The minimum atomic E-state index is -0.328. The van der Waals surface area contributed by atoms with E-state index in [2.05, 4.69) is 5.32 Å². The normalized spacial score (nSPS) is 16.2. The fourth-order valence-corrected chi connectivity index (χ4v) is 2.44. The molecule has 0 radical (unpaired) electrons. The molecule has 5 nitrogen and oxygen atoms in total. The molecule has 6 heteroatoms. The van der Waals surface area contributed by atoms with Crippen molar-refractivity contribution in [3.8, 4) is 0 Å². The summed E-state index contributed by atoms with van der Waals surface area (Å²) in [5.41, 5.74) is 0.942. The second-order valence-electron chi connectivity index (χ2n) is 5.07. The van der Waals surface area contributed by atoms with Crippen LogP contribution in [0, 0.1) is 5.82 Å². The summed E-state index contributed by atoms with van der Waals surface area (Å²) in [5, 5.41) is 2.61. The summed E-state index contributed by atoms with van der Waals surface area (Å²) < 4.78 is 13.0. The smallest absolute Gasteiger partial charge is 0.324 e. The van der Waals surface area contributed by atoms with Gasteiger partial charge in [0, 0.05) is 19.1 Å². The number of rotatable bonds is 5. The van der Waals surface area contributed by atoms with Crippen molar-refractivity contribution < 1.29 is 14.0 Å². The van der Waals surface area contributed by atoms with Crippen molar-refractivity contribution in [2.45, 2.75) is 19.9 Å². The molecular weight excluding hydrogens is 273 g/mol. The number of likely N-dealkylation sites (N-methyl/N-ethyl adjacent to an activating group) is 1. The van der Waals surface area contributed by atoms with E-state index in [0.29, 0.717) is 19.6 Å². The van der Waals surface area contributed by atoms with Crippen LogP contribution < -0.4 is 5.32 Å². The molecule has 0 spiro atoms. The maximum atomic E-state index is 13.0. The van der Waals surface area contributed by atoms with E-state index in [4.69, 9.17) is 0 Å². The molecule has 1 atom stereocenters. The summed E-state index contributed by atoms with van der Waals surface area (Å²) in [7, 11) is 0. The van der Waals surface area contributed by atoms with Crippen molar-refractivity contribution in [2.75, 3.05) is 26.2 Å². The second-order valence-corrected chi connectivity index (χ2v) is 5.07. The van der Waals surface area contributed by atoms with Crippen LogP contribution in [0.2, 0.25) is 0 Å². The molecule has 114 valence electrons. The van der Waals surface area contributed by atoms with E-state index in [1.165, 1.54) is 17.0 Å². The van der Waals surface area contributed by atoms with E-state index in [-0.39, 0.29) is 30.3 Å². The Morgan fingerprint density at radius 1 is 1.43 bits per heavy atom. The minimum Gasteiger partial charge on any atom is -0.336 e. The summed E-state index contributed by atoms with van der Waals surface area (Å²) in [6.07, 6.45) is 0. The van der Waals surface area contributed by atoms with E-state index >= 15 is 0 Å². The molecule has 0 bridgehead atoms. The third kappa shape index (κ3) is 3.58. The van der Waals surface area contributed by atoms with Gasteiger partial charge in [0.05, 0.1) is 6.54 Å². The topological polar surface area (TPSA) is 52.7 Å². The summed E-state index contributed by atoms with van der Waals surface area (Å²) in [6, 6.07) is 5.91. The number of hydrogen-bond donors (Lipinski definition) is 1. The molecule has 1 heterocycles. The number of benzene rings is 1. The first kappa shape index (κ1) is 15.4. The van der Waals surface area contributed by atoms with Crippen LogP contribution in [0.5, 0.6) is 0 Å². The Hall–Kier alpha value is -1.95. The lowest BCUT2D eigenvalue weighted by Gasteiger charge is -2.28. The number of amides is 3. The molecule has 1 aliphatic heterocycles. The fraction of sp³-hybridized carbons (Fsp3) is 0.467. The summed E-state index contributed by atoms with van der Waals surface area (Å²) >= 11 is 0. The Labute approximate surface area is 123 Å². The predicted octanol–water partition coefficient (Wildman–Crippen LogP) is 1.76. The van der Waals surface area contributed by atoms with E-state index in [9.17, 15) is 14.0 Å². The summed E-state index contributed by atoms with van der Waals surface area (Å²) in [5.74, 6) is -0.486. The second kappa shape index (κ2) is 6.67. The van der Waals surface area contributed by atoms with Gasteiger partial charge in [-0.05, 0) is 31.2 Å². The van der Waals surface area contributed by atoms with Gasteiger partial charge in [-0.2, -0.15) is 0 Å². The molecule has 2 rings (SSSR count). The van der Waals surface area contributed by atoms with Crippen LogP contribution in [0.25, 0.3) is 0 Å². The highest BCUT2D eigenvalue weighted by molar-refractivity contribution is 5.96. The van der Waals surface area contributed by atoms with Crippen molar-refractivity contribution in [1.29, 1.82) is 0 Å². The SMILES string of the molecule is CCN(CC(=O)N1CCNC1=O)C(C)c1ccc(F)cc1. The van der Waals surface area contributed by atoms with Gasteiger partial charge >= 0.3 is 6.03 Å². The largest absolute Gasteiger partial charge is 0.336 e. The molecule has 1 N–H and O–H groups in total. The van der Waals surface area contributed by atoms with Gasteiger partial charge in [-0.25, -0.2) is 9.18 Å². The first-order chi connectivity index (χ1) is 10.0. The van der Waals surface area contributed by atoms with Crippen LogP contribution in [-0.2, 0) is 4.79 Å². The van der Waals surface area contributed by atoms with Crippen molar-refractivity contribution in [3.05, 3.63) is 35.6 Å². The van der Waals surface area contributed by atoms with Crippen molar-refractivity contribution in [1.82, 2.24) is 15.1 Å². The molecule has 1 aromatic carbocycles. The van der Waals surface area contributed by atoms with Crippen LogP contribution in [0.4, 0.5) is 9.18 Å². The Balaban J connectivity index is 2.03. The maximum absolute atomic E-state index is 13.0. The first-order valence-electron chi connectivity index (χ1n) is 7.10. The Bertz CT molecular complexity index is 518. The van der Waals surface area contributed by atoms with Gasteiger partial charge in [0.25, 0.3) is 0 Å². The average molecular weight is 293 g/mol. The number of halogens is 1. The molecule has 1 fully saturated rings. The van der Waals surface area contributed by atoms with Gasteiger partial charge in [0.15, 0.2) is 0 Å². The maximum Gasteiger partial charge on any atom is 0.324 e. The monoisotopic (exact) mass is 293 g/mol. The third-order valence-electron chi connectivity index (χ3n) is 3.80. The Kier molecular flexibility index (Phi) is 4.90. The third-order valence-corrected chi connectivity index (χ3v) is 3.80. The van der Waals surface area contributed by atoms with Gasteiger partial charge in [-0.15, -0.1) is 0 Å². The first-order valence-corrected chi connectivity index (χ1v) is 7.10. The van der Waals surface area contributed by atoms with E-state index in [0.717, 1.165) is 5.56 Å². The minimum absolute atomic E-state index is 0.0229. The number of nitrogens with one attached hydrogen (secondary N) is 1. The lowest BCUT2D eigenvalue weighted by molar-refractivity contribution is -0.129. The van der Waals surface area contributed by atoms with Crippen LogP contribution in [0.15, 0.2) is 24.3 Å². The van der Waals surface area contributed by atoms with Crippen LogP contribution in [0.1, 0.15) is 25.5 Å². The van der Waals surface area contributed by atoms with Crippen LogP contribution in [-0.4, -0.2) is 47.9 Å². The molecule has 3 amide bonds. The van der Waals surface area contributed by atoms with Gasteiger partial charge in [-0.3, -0.25) is 14.6 Å². The zero-order valence-electron chi connectivity index (χ0n) is 12.3. The Morgan fingerprint density at radius 3 is 2.62 bits per heavy atom. The molecule has 21 heavy (non-hydrogen) atoms. The van der Waals surface area contributed by atoms with Gasteiger partial charge in [0.2, 0.25) is 5.91 Å². The molecule has 0 aliphatic carbocycles. The molecular formula is C15H20FN3O2. The van der Waals surface area contributed by atoms with E-state index in [1.54, 1.807) is 12.1 Å². The van der Waals surface area contributed by atoms with Gasteiger partial charge in [0.1, 0.15) is 5.82 Å². The van der Waals surface area contributed by atoms with Crippen molar-refractivity contribution in [3.63, 3.8) is 0 Å². The summed E-state index contributed by atoms with van der Waals surface area (Å²) in [4.78, 5) is 26.9. The van der Waals surface area contributed by atoms with Crippen LogP contribution in [0.3, 0.4) is 0 Å². The fourth-order valence-electron chi connectivity index (χ4n) is 2.44. The highest BCUT2D eigenvalue weighted by Gasteiger charge is 2.28. The summed E-state index contributed by atoms with van der Waals surface area (Å²) in [6.45, 7) is 5.68. The molecule has 1 aromatic rings. The zero-order valence-corrected chi connectivity index (χ0v) is 12.3. The molecule has 0 aromatic heterocycles. The zero-order chi connectivity index (χ0) is 15.4. The van der Waals surface area contributed by atoms with Crippen LogP contribution >= 0.6 is 0 Å². The number of nitrogens with zero attached hydrogens (tertiary/aromatic N) is 2. The number of urea groups is 1. The van der Waals surface area contributed by atoms with Gasteiger partial charge in [-0.1, -0.05) is 19.1 Å². The number of carbonyl (C=O) groups is 2. The average Bonchev–Trinajstić information content (AvgIpc) is 2.91. The van der Waals surface area contributed by atoms with Gasteiger partial charge < -0.3 is 5.32 Å². The highest BCUT2D eigenvalue weighted by atomic mass is 19.1. The molecule has 0 saturated carbocycles. The predicted molar refractivity (Wildman–Crippen MR) is 77.2 cm³/mol. The molecule has 1 unspecified atom stereocenters. The lowest BCUT2D eigenvalue weighted by Crippen LogP contribution is -2.42. The van der Waals surface area contributed by atoms with E-state index < -0.39 is 0 Å². The number of hydrogen-bond acceptors (Lipinski definition) is 3.